The van der Waals surface area contributed by atoms with Crippen molar-refractivity contribution in [3.63, 3.8) is 0 Å². The van der Waals surface area contributed by atoms with Gasteiger partial charge in [-0.15, -0.1) is 0 Å². The van der Waals surface area contributed by atoms with E-state index in [1.807, 2.05) is 74.5 Å². The van der Waals surface area contributed by atoms with Gasteiger partial charge in [0, 0.05) is 6.54 Å². The van der Waals surface area contributed by atoms with Crippen molar-refractivity contribution < 1.29 is 18.9 Å². The van der Waals surface area contributed by atoms with Crippen LogP contribution in [0.2, 0.25) is 0 Å². The molecule has 2 aromatic rings. The number of benzene rings is 2. The molecule has 0 unspecified atom stereocenters. The van der Waals surface area contributed by atoms with Crippen molar-refractivity contribution >= 4 is 0 Å². The standard InChI is InChI=1S/C23H26N2O4/c1-22(2)28-20-21(29-22)27-19(15-26-14-18-11-7-4-8-12-18)23(20,16-24)25-13-17-9-5-3-6-10-17/h3-12,19-21,25H,13-15H2,1-2H3/t19-,20+,21-,23-/m1/s1. The molecule has 2 saturated heterocycles. The van der Waals surface area contributed by atoms with Crippen LogP contribution in [0.5, 0.6) is 0 Å². The first-order chi connectivity index (χ1) is 14.0. The molecule has 2 aliphatic rings. The summed E-state index contributed by atoms with van der Waals surface area (Å²) in [6, 6.07) is 22.3. The summed E-state index contributed by atoms with van der Waals surface area (Å²) in [6.45, 7) is 4.87. The van der Waals surface area contributed by atoms with Crippen LogP contribution in [0.3, 0.4) is 0 Å². The molecule has 0 amide bonds. The molecule has 2 aliphatic heterocycles. The zero-order chi connectivity index (χ0) is 20.3. The summed E-state index contributed by atoms with van der Waals surface area (Å²) in [4.78, 5) is 0. The SMILES string of the molecule is CC1(C)O[C@H]2O[C@H](COCc3ccccc3)[C@@](C#N)(NCc3ccccc3)[C@H]2O1. The lowest BCUT2D eigenvalue weighted by atomic mass is 9.89. The first kappa shape index (κ1) is 20.0. The fourth-order valence-corrected chi connectivity index (χ4v) is 3.85. The van der Waals surface area contributed by atoms with Gasteiger partial charge in [0.05, 0.1) is 19.3 Å². The quantitative estimate of drug-likeness (QED) is 0.778. The Bertz CT molecular complexity index is 852. The molecule has 0 spiro atoms. The van der Waals surface area contributed by atoms with E-state index >= 15 is 0 Å². The second-order valence-corrected chi connectivity index (χ2v) is 7.87. The van der Waals surface area contributed by atoms with Crippen molar-refractivity contribution in [1.29, 1.82) is 5.26 Å². The Morgan fingerprint density at radius 2 is 1.66 bits per heavy atom. The fraction of sp³-hybridized carbons (Fsp3) is 0.435. The Morgan fingerprint density at radius 3 is 2.31 bits per heavy atom. The molecule has 4 rings (SSSR count). The molecule has 0 saturated carbocycles. The minimum absolute atomic E-state index is 0.254. The number of hydrogen-bond donors (Lipinski definition) is 1. The van der Waals surface area contributed by atoms with Crippen molar-refractivity contribution in [2.45, 2.75) is 56.8 Å². The van der Waals surface area contributed by atoms with Crippen molar-refractivity contribution in [3.8, 4) is 6.07 Å². The largest absolute Gasteiger partial charge is 0.374 e. The third-order valence-electron chi connectivity index (χ3n) is 5.31. The molecule has 0 aromatic heterocycles. The molecular weight excluding hydrogens is 368 g/mol. The Hall–Kier alpha value is -2.27. The van der Waals surface area contributed by atoms with Gasteiger partial charge in [0.15, 0.2) is 17.6 Å². The van der Waals surface area contributed by atoms with E-state index in [0.29, 0.717) is 13.2 Å². The lowest BCUT2D eigenvalue weighted by molar-refractivity contribution is -0.216. The lowest BCUT2D eigenvalue weighted by Gasteiger charge is -2.33. The summed E-state index contributed by atoms with van der Waals surface area (Å²) >= 11 is 0. The van der Waals surface area contributed by atoms with E-state index in [4.69, 9.17) is 18.9 Å². The normalized spacial score (nSPS) is 30.0. The van der Waals surface area contributed by atoms with Crippen LogP contribution in [0, 0.1) is 11.3 Å². The van der Waals surface area contributed by atoms with Crippen LogP contribution >= 0.6 is 0 Å². The summed E-state index contributed by atoms with van der Waals surface area (Å²) in [7, 11) is 0. The molecule has 2 fully saturated rings. The van der Waals surface area contributed by atoms with Crippen LogP contribution in [-0.2, 0) is 32.1 Å². The van der Waals surface area contributed by atoms with Gasteiger partial charge in [-0.25, -0.2) is 0 Å². The second-order valence-electron chi connectivity index (χ2n) is 7.87. The van der Waals surface area contributed by atoms with E-state index in [1.54, 1.807) is 0 Å². The number of ether oxygens (including phenoxy) is 4. The Morgan fingerprint density at radius 1 is 1.00 bits per heavy atom. The van der Waals surface area contributed by atoms with E-state index in [2.05, 4.69) is 11.4 Å². The van der Waals surface area contributed by atoms with E-state index in [-0.39, 0.29) is 6.61 Å². The number of nitrogens with one attached hydrogen (secondary N) is 1. The van der Waals surface area contributed by atoms with Crippen LogP contribution in [0.1, 0.15) is 25.0 Å². The smallest absolute Gasteiger partial charge is 0.190 e. The minimum Gasteiger partial charge on any atom is -0.374 e. The molecule has 6 heteroatoms. The van der Waals surface area contributed by atoms with Crippen molar-refractivity contribution in [2.24, 2.45) is 0 Å². The summed E-state index contributed by atoms with van der Waals surface area (Å²) in [6.07, 6.45) is -1.68. The van der Waals surface area contributed by atoms with Gasteiger partial charge >= 0.3 is 0 Å². The maximum atomic E-state index is 10.2. The Balaban J connectivity index is 1.50. The number of nitrogens with zero attached hydrogens (tertiary/aromatic N) is 1. The van der Waals surface area contributed by atoms with Gasteiger partial charge in [-0.05, 0) is 25.0 Å². The van der Waals surface area contributed by atoms with E-state index < -0.39 is 29.8 Å². The first-order valence-corrected chi connectivity index (χ1v) is 9.85. The zero-order valence-electron chi connectivity index (χ0n) is 16.7. The van der Waals surface area contributed by atoms with Crippen LogP contribution in [0.4, 0.5) is 0 Å². The van der Waals surface area contributed by atoms with Crippen LogP contribution < -0.4 is 5.32 Å². The van der Waals surface area contributed by atoms with Gasteiger partial charge in [0.2, 0.25) is 0 Å². The van der Waals surface area contributed by atoms with Gasteiger partial charge < -0.3 is 18.9 Å². The monoisotopic (exact) mass is 394 g/mol. The number of fused-ring (bicyclic) bond motifs is 1. The van der Waals surface area contributed by atoms with E-state index in [0.717, 1.165) is 11.1 Å². The van der Waals surface area contributed by atoms with Crippen molar-refractivity contribution in [1.82, 2.24) is 5.32 Å². The number of rotatable bonds is 7. The second kappa shape index (κ2) is 8.23. The summed E-state index contributed by atoms with van der Waals surface area (Å²) in [5.41, 5.74) is 1.07. The first-order valence-electron chi connectivity index (χ1n) is 9.85. The van der Waals surface area contributed by atoms with Gasteiger partial charge in [-0.2, -0.15) is 5.26 Å². The highest BCUT2D eigenvalue weighted by molar-refractivity contribution is 5.24. The molecular formula is C23H26N2O4. The molecule has 2 heterocycles. The number of hydrogen-bond acceptors (Lipinski definition) is 6. The van der Waals surface area contributed by atoms with Crippen molar-refractivity contribution in [3.05, 3.63) is 71.8 Å². The summed E-state index contributed by atoms with van der Waals surface area (Å²) < 4.78 is 24.0. The molecule has 0 aliphatic carbocycles. The number of nitriles is 1. The molecule has 2 aromatic carbocycles. The van der Waals surface area contributed by atoms with Crippen LogP contribution in [-0.4, -0.2) is 36.4 Å². The molecule has 6 nitrogen and oxygen atoms in total. The third-order valence-corrected chi connectivity index (χ3v) is 5.31. The maximum absolute atomic E-state index is 10.2. The predicted octanol–water partition coefficient (Wildman–Crippen LogP) is 3.13. The van der Waals surface area contributed by atoms with Crippen LogP contribution in [0.15, 0.2) is 60.7 Å². The molecule has 29 heavy (non-hydrogen) atoms. The third kappa shape index (κ3) is 4.20. The zero-order valence-corrected chi connectivity index (χ0v) is 16.7. The summed E-state index contributed by atoms with van der Waals surface area (Å²) in [5.74, 6) is -0.804. The maximum Gasteiger partial charge on any atom is 0.190 e. The van der Waals surface area contributed by atoms with Gasteiger partial charge in [-0.1, -0.05) is 60.7 Å². The molecule has 1 N–H and O–H groups in total. The fourth-order valence-electron chi connectivity index (χ4n) is 3.85. The highest BCUT2D eigenvalue weighted by Gasteiger charge is 2.64. The predicted molar refractivity (Wildman–Crippen MR) is 106 cm³/mol. The van der Waals surface area contributed by atoms with Gasteiger partial charge in [0.1, 0.15) is 12.2 Å². The molecule has 0 radical (unpaired) electrons. The van der Waals surface area contributed by atoms with Gasteiger partial charge in [0.25, 0.3) is 0 Å². The van der Waals surface area contributed by atoms with Crippen molar-refractivity contribution in [2.75, 3.05) is 6.61 Å². The topological polar surface area (TPSA) is 72.7 Å². The average molecular weight is 394 g/mol. The Kier molecular flexibility index (Phi) is 5.68. The van der Waals surface area contributed by atoms with Gasteiger partial charge in [-0.3, -0.25) is 5.32 Å². The van der Waals surface area contributed by atoms with E-state index in [1.165, 1.54) is 0 Å². The minimum atomic E-state index is -1.08. The van der Waals surface area contributed by atoms with E-state index in [9.17, 15) is 5.26 Å². The Labute approximate surface area is 171 Å². The highest BCUT2D eigenvalue weighted by atomic mass is 16.8. The van der Waals surface area contributed by atoms with Crippen LogP contribution in [0.25, 0.3) is 0 Å². The summed E-state index contributed by atoms with van der Waals surface area (Å²) in [5, 5.41) is 13.6. The lowest BCUT2D eigenvalue weighted by Crippen LogP contribution is -2.59. The molecule has 4 atom stereocenters. The highest BCUT2D eigenvalue weighted by Crippen LogP contribution is 2.43. The molecule has 0 bridgehead atoms. The average Bonchev–Trinajstić information content (AvgIpc) is 3.18. The molecule has 152 valence electrons.